The van der Waals surface area contributed by atoms with Crippen LogP contribution < -0.4 is 4.72 Å². The van der Waals surface area contributed by atoms with Crippen molar-refractivity contribution in [2.24, 2.45) is 0 Å². The number of nitrogens with zero attached hydrogens (tertiary/aromatic N) is 1. The number of rotatable bonds is 7. The van der Waals surface area contributed by atoms with E-state index < -0.39 is 16.1 Å². The van der Waals surface area contributed by atoms with Crippen LogP contribution in [0.1, 0.15) is 33.1 Å². The van der Waals surface area contributed by atoms with E-state index in [1.54, 1.807) is 24.3 Å². The number of hydrogen-bond donors (Lipinski definition) is 2. The lowest BCUT2D eigenvalue weighted by molar-refractivity contribution is 0.0438. The van der Waals surface area contributed by atoms with Crippen molar-refractivity contribution < 1.29 is 13.5 Å². The molecular formula is C22H30N2O3S. The summed E-state index contributed by atoms with van der Waals surface area (Å²) < 4.78 is 27.7. The predicted molar refractivity (Wildman–Crippen MR) is 113 cm³/mol. The molecule has 0 radical (unpaired) electrons. The van der Waals surface area contributed by atoms with Gasteiger partial charge in [0.25, 0.3) is 0 Å². The third-order valence-corrected chi connectivity index (χ3v) is 7.02. The standard InChI is InChI=1S/C22H30N2O3S/c1-17-7-6-8-18(2)24(17)16-21(25)15-23-28(26,27)22-13-11-20(12-14-22)19-9-4-3-5-10-19/h3-5,9-14,17-18,21,23,25H,6-8,15-16H2,1-2H3/t17-,18+,21-/m0/s1. The van der Waals surface area contributed by atoms with Crippen molar-refractivity contribution in [1.29, 1.82) is 0 Å². The Bertz CT molecular complexity index is 843. The molecule has 1 heterocycles. The first-order chi connectivity index (χ1) is 13.4. The molecule has 6 heteroatoms. The molecule has 1 fully saturated rings. The molecule has 1 saturated heterocycles. The SMILES string of the molecule is C[C@@H]1CCC[C@H](C)N1C[C@@H](O)CNS(=O)(=O)c1ccc(-c2ccccc2)cc1. The number of β-amino-alcohol motifs (C(OH)–C–C–N with tert-alkyl or cyclic N) is 1. The average molecular weight is 403 g/mol. The first kappa shape index (κ1) is 21.0. The summed E-state index contributed by atoms with van der Waals surface area (Å²) in [6.07, 6.45) is 2.72. The van der Waals surface area contributed by atoms with E-state index in [9.17, 15) is 13.5 Å². The van der Waals surface area contributed by atoms with Crippen LogP contribution in [-0.2, 0) is 10.0 Å². The lowest BCUT2D eigenvalue weighted by Crippen LogP contribution is -2.49. The summed E-state index contributed by atoms with van der Waals surface area (Å²) in [5, 5.41) is 10.4. The molecule has 0 saturated carbocycles. The third kappa shape index (κ3) is 5.20. The van der Waals surface area contributed by atoms with E-state index >= 15 is 0 Å². The van der Waals surface area contributed by atoms with Gasteiger partial charge in [-0.2, -0.15) is 0 Å². The summed E-state index contributed by atoms with van der Waals surface area (Å²) in [6.45, 7) is 4.83. The Labute approximate surface area is 168 Å². The second kappa shape index (κ2) is 9.18. The summed E-state index contributed by atoms with van der Waals surface area (Å²) in [5.74, 6) is 0. The van der Waals surface area contributed by atoms with Crippen molar-refractivity contribution in [1.82, 2.24) is 9.62 Å². The van der Waals surface area contributed by atoms with Gasteiger partial charge in [0.05, 0.1) is 11.0 Å². The summed E-state index contributed by atoms with van der Waals surface area (Å²) >= 11 is 0. The van der Waals surface area contributed by atoms with Crippen LogP contribution >= 0.6 is 0 Å². The molecule has 3 atom stereocenters. The fraction of sp³-hybridized carbons (Fsp3) is 0.455. The monoisotopic (exact) mass is 402 g/mol. The molecular weight excluding hydrogens is 372 g/mol. The first-order valence-electron chi connectivity index (χ1n) is 9.96. The zero-order valence-corrected chi connectivity index (χ0v) is 17.4. The minimum Gasteiger partial charge on any atom is -0.390 e. The molecule has 3 rings (SSSR count). The van der Waals surface area contributed by atoms with E-state index in [4.69, 9.17) is 0 Å². The molecule has 2 aromatic rings. The Morgan fingerprint density at radius 2 is 1.57 bits per heavy atom. The number of hydrogen-bond acceptors (Lipinski definition) is 4. The van der Waals surface area contributed by atoms with Gasteiger partial charge in [-0.05, 0) is 49.9 Å². The van der Waals surface area contributed by atoms with Crippen molar-refractivity contribution in [3.63, 3.8) is 0 Å². The highest BCUT2D eigenvalue weighted by atomic mass is 32.2. The lowest BCUT2D eigenvalue weighted by atomic mass is 9.97. The van der Waals surface area contributed by atoms with E-state index in [0.717, 1.165) is 24.0 Å². The van der Waals surface area contributed by atoms with Crippen LogP contribution in [0.15, 0.2) is 59.5 Å². The van der Waals surface area contributed by atoms with Crippen LogP contribution in [0.3, 0.4) is 0 Å². The van der Waals surface area contributed by atoms with Crippen molar-refractivity contribution >= 4 is 10.0 Å². The number of likely N-dealkylation sites (tertiary alicyclic amines) is 1. The van der Waals surface area contributed by atoms with Gasteiger partial charge in [0.2, 0.25) is 10.0 Å². The maximum Gasteiger partial charge on any atom is 0.240 e. The number of nitrogens with one attached hydrogen (secondary N) is 1. The van der Waals surface area contributed by atoms with Gasteiger partial charge >= 0.3 is 0 Å². The number of piperidine rings is 1. The van der Waals surface area contributed by atoms with Gasteiger partial charge in [-0.1, -0.05) is 48.9 Å². The number of benzene rings is 2. The fourth-order valence-corrected chi connectivity index (χ4v) is 4.96. The third-order valence-electron chi connectivity index (χ3n) is 5.58. The summed E-state index contributed by atoms with van der Waals surface area (Å²) in [7, 11) is -3.65. The summed E-state index contributed by atoms with van der Waals surface area (Å²) in [4.78, 5) is 2.48. The van der Waals surface area contributed by atoms with Crippen LogP contribution in [0.5, 0.6) is 0 Å². The Balaban J connectivity index is 1.59. The molecule has 2 aromatic carbocycles. The normalized spacial score (nSPS) is 22.1. The fourth-order valence-electron chi connectivity index (χ4n) is 3.89. The van der Waals surface area contributed by atoms with Gasteiger partial charge in [0, 0.05) is 25.2 Å². The predicted octanol–water partition coefficient (Wildman–Crippen LogP) is 3.26. The van der Waals surface area contributed by atoms with E-state index in [1.807, 2.05) is 30.3 Å². The van der Waals surface area contributed by atoms with Crippen molar-refractivity contribution in [2.75, 3.05) is 13.1 Å². The van der Waals surface area contributed by atoms with Crippen LogP contribution in [0.25, 0.3) is 11.1 Å². The van der Waals surface area contributed by atoms with Gasteiger partial charge in [0.1, 0.15) is 0 Å². The van der Waals surface area contributed by atoms with Crippen LogP contribution in [0.4, 0.5) is 0 Å². The quantitative estimate of drug-likeness (QED) is 0.746. The van der Waals surface area contributed by atoms with Crippen LogP contribution in [0.2, 0.25) is 0 Å². The van der Waals surface area contributed by atoms with Gasteiger partial charge in [-0.25, -0.2) is 13.1 Å². The van der Waals surface area contributed by atoms with Gasteiger partial charge in [-0.15, -0.1) is 0 Å². The minimum atomic E-state index is -3.65. The Morgan fingerprint density at radius 3 is 2.18 bits per heavy atom. The van der Waals surface area contributed by atoms with E-state index in [-0.39, 0.29) is 11.4 Å². The van der Waals surface area contributed by atoms with Crippen molar-refractivity contribution in [3.8, 4) is 11.1 Å². The number of aliphatic hydroxyl groups is 1. The van der Waals surface area contributed by atoms with Gasteiger partial charge in [-0.3, -0.25) is 4.90 Å². The first-order valence-corrected chi connectivity index (χ1v) is 11.4. The molecule has 152 valence electrons. The maximum absolute atomic E-state index is 12.6. The topological polar surface area (TPSA) is 69.6 Å². The smallest absolute Gasteiger partial charge is 0.240 e. The van der Waals surface area contributed by atoms with Crippen molar-refractivity contribution in [2.45, 2.75) is 56.2 Å². The second-order valence-electron chi connectivity index (χ2n) is 7.72. The van der Waals surface area contributed by atoms with E-state index in [2.05, 4.69) is 23.5 Å². The highest BCUT2D eigenvalue weighted by Crippen LogP contribution is 2.23. The molecule has 0 spiro atoms. The maximum atomic E-state index is 12.6. The largest absolute Gasteiger partial charge is 0.390 e. The molecule has 0 amide bonds. The zero-order chi connectivity index (χ0) is 20.1. The molecule has 5 nitrogen and oxygen atoms in total. The highest BCUT2D eigenvalue weighted by molar-refractivity contribution is 7.89. The van der Waals surface area contributed by atoms with Crippen molar-refractivity contribution in [3.05, 3.63) is 54.6 Å². The Morgan fingerprint density at radius 1 is 1.00 bits per heavy atom. The molecule has 0 bridgehead atoms. The molecule has 0 aliphatic carbocycles. The molecule has 0 unspecified atom stereocenters. The molecule has 0 aromatic heterocycles. The summed E-state index contributed by atoms with van der Waals surface area (Å²) in [5.41, 5.74) is 2.01. The van der Waals surface area contributed by atoms with E-state index in [1.165, 1.54) is 6.42 Å². The molecule has 1 aliphatic rings. The Hall–Kier alpha value is -1.73. The average Bonchev–Trinajstić information content (AvgIpc) is 2.70. The number of sulfonamides is 1. The highest BCUT2D eigenvalue weighted by Gasteiger charge is 2.27. The summed E-state index contributed by atoms with van der Waals surface area (Å²) in [6, 6.07) is 17.5. The minimum absolute atomic E-state index is 0.0126. The van der Waals surface area contributed by atoms with Crippen LogP contribution in [-0.4, -0.2) is 49.7 Å². The molecule has 28 heavy (non-hydrogen) atoms. The lowest BCUT2D eigenvalue weighted by Gasteiger charge is -2.40. The number of aliphatic hydroxyl groups excluding tert-OH is 1. The zero-order valence-electron chi connectivity index (χ0n) is 16.6. The van der Waals surface area contributed by atoms with Gasteiger partial charge in [0.15, 0.2) is 0 Å². The van der Waals surface area contributed by atoms with Gasteiger partial charge < -0.3 is 5.11 Å². The Kier molecular flexibility index (Phi) is 6.88. The second-order valence-corrected chi connectivity index (χ2v) is 9.49. The van der Waals surface area contributed by atoms with E-state index in [0.29, 0.717) is 18.6 Å². The molecule has 2 N–H and O–H groups in total. The van der Waals surface area contributed by atoms with Crippen LogP contribution in [0, 0.1) is 0 Å². The molecule has 1 aliphatic heterocycles.